The van der Waals surface area contributed by atoms with Gasteiger partial charge in [-0.15, -0.1) is 0 Å². The van der Waals surface area contributed by atoms with Crippen LogP contribution in [0.3, 0.4) is 0 Å². The van der Waals surface area contributed by atoms with Gasteiger partial charge in [0.25, 0.3) is 0 Å². The van der Waals surface area contributed by atoms with Crippen LogP contribution in [0.5, 0.6) is 0 Å². The van der Waals surface area contributed by atoms with Crippen molar-refractivity contribution in [2.75, 3.05) is 21.3 Å². The molecule has 14 heteroatoms. The van der Waals surface area contributed by atoms with E-state index < -0.39 is 29.5 Å². The molecule has 1 aromatic carbocycles. The van der Waals surface area contributed by atoms with Gasteiger partial charge in [0.2, 0.25) is 0 Å². The van der Waals surface area contributed by atoms with Gasteiger partial charge in [-0.25, -0.2) is 24.4 Å². The van der Waals surface area contributed by atoms with Gasteiger partial charge < -0.3 is 18.9 Å². The van der Waals surface area contributed by atoms with Crippen molar-refractivity contribution < 1.29 is 38.1 Å². The molecule has 0 saturated carbocycles. The summed E-state index contributed by atoms with van der Waals surface area (Å²) in [6.07, 6.45) is 0.297. The summed E-state index contributed by atoms with van der Waals surface area (Å²) >= 11 is 8.79. The van der Waals surface area contributed by atoms with Gasteiger partial charge in [-0.2, -0.15) is 0 Å². The monoisotopic (exact) mass is 704 g/mol. The number of hydrogen-bond acceptors (Lipinski definition) is 12. The summed E-state index contributed by atoms with van der Waals surface area (Å²) in [5.74, 6) is -1.79. The quantitative estimate of drug-likeness (QED) is 0.225. The first-order valence-electron chi connectivity index (χ1n) is 11.1. The van der Waals surface area contributed by atoms with E-state index >= 15 is 0 Å². The minimum Gasteiger partial charge on any atom is -0.469 e. The Labute approximate surface area is 250 Å². The highest BCUT2D eigenvalue weighted by Gasteiger charge is 2.25. The molecule has 0 radical (unpaired) electrons. The maximum absolute atomic E-state index is 12.4. The largest absolute Gasteiger partial charge is 0.469 e. The van der Waals surface area contributed by atoms with E-state index in [9.17, 15) is 19.2 Å². The molecule has 0 unspecified atom stereocenters. The third kappa shape index (κ3) is 9.78. The number of benzene rings is 1. The number of thiazole rings is 2. The molecule has 0 spiro atoms. The van der Waals surface area contributed by atoms with Gasteiger partial charge in [0.1, 0.15) is 15.4 Å². The molecule has 0 bridgehead atoms. The normalized spacial score (nSPS) is 10.7. The SMILES string of the molecule is COC(=O)Cc1nc(Br)sc1C(=O)OC.COC(=O)c1ccccc1Cc1nc(Br)sc1C(=O)OC(C)(C)C. The molecule has 39 heavy (non-hydrogen) atoms. The Morgan fingerprint density at radius 3 is 1.87 bits per heavy atom. The van der Waals surface area contributed by atoms with Crippen LogP contribution in [0.2, 0.25) is 0 Å². The van der Waals surface area contributed by atoms with Crippen LogP contribution in [-0.2, 0) is 36.6 Å². The van der Waals surface area contributed by atoms with E-state index in [1.54, 1.807) is 12.1 Å². The van der Waals surface area contributed by atoms with Crippen molar-refractivity contribution in [2.45, 2.75) is 39.2 Å². The zero-order chi connectivity index (χ0) is 29.3. The van der Waals surface area contributed by atoms with Gasteiger partial charge in [-0.05, 0) is 64.3 Å². The van der Waals surface area contributed by atoms with Crippen LogP contribution in [0.4, 0.5) is 0 Å². The molecule has 0 aliphatic rings. The molecule has 0 aliphatic carbocycles. The molecule has 2 aromatic heterocycles. The Balaban J connectivity index is 0.000000306. The average molecular weight is 706 g/mol. The van der Waals surface area contributed by atoms with E-state index in [4.69, 9.17) is 9.47 Å². The Morgan fingerprint density at radius 1 is 0.795 bits per heavy atom. The minimum absolute atomic E-state index is 0.0387. The lowest BCUT2D eigenvalue weighted by Gasteiger charge is -2.19. The molecule has 210 valence electrons. The lowest BCUT2D eigenvalue weighted by atomic mass is 10.0. The van der Waals surface area contributed by atoms with Crippen LogP contribution in [0.1, 0.15) is 67.4 Å². The highest BCUT2D eigenvalue weighted by Crippen LogP contribution is 2.28. The zero-order valence-corrected chi connectivity index (χ0v) is 26.8. The van der Waals surface area contributed by atoms with Crippen molar-refractivity contribution in [3.05, 3.63) is 64.4 Å². The molecule has 3 aromatic rings. The fraction of sp³-hybridized carbons (Fsp3) is 0.360. The molecule has 0 saturated heterocycles. The number of aromatic nitrogens is 2. The minimum atomic E-state index is -0.589. The third-order valence-corrected chi connectivity index (χ3v) is 7.68. The van der Waals surface area contributed by atoms with Gasteiger partial charge >= 0.3 is 23.9 Å². The predicted molar refractivity (Wildman–Crippen MR) is 152 cm³/mol. The van der Waals surface area contributed by atoms with Gasteiger partial charge in [-0.1, -0.05) is 40.9 Å². The van der Waals surface area contributed by atoms with Gasteiger partial charge in [0.05, 0.1) is 44.7 Å². The number of esters is 4. The van der Waals surface area contributed by atoms with Crippen molar-refractivity contribution >= 4 is 78.4 Å². The fourth-order valence-electron chi connectivity index (χ4n) is 2.99. The highest BCUT2D eigenvalue weighted by atomic mass is 79.9. The topological polar surface area (TPSA) is 131 Å². The van der Waals surface area contributed by atoms with Crippen molar-refractivity contribution in [1.29, 1.82) is 0 Å². The maximum atomic E-state index is 12.4. The zero-order valence-electron chi connectivity index (χ0n) is 22.0. The van der Waals surface area contributed by atoms with E-state index in [0.29, 0.717) is 41.0 Å². The van der Waals surface area contributed by atoms with Crippen LogP contribution in [0, 0.1) is 0 Å². The summed E-state index contributed by atoms with van der Waals surface area (Å²) in [4.78, 5) is 55.7. The number of halogens is 2. The molecule has 0 fully saturated rings. The average Bonchev–Trinajstić information content (AvgIpc) is 3.43. The van der Waals surface area contributed by atoms with E-state index in [0.717, 1.165) is 16.9 Å². The molecule has 0 atom stereocenters. The fourth-order valence-corrected chi connectivity index (χ4v) is 5.80. The number of hydrogen-bond donors (Lipinski definition) is 0. The van der Waals surface area contributed by atoms with Crippen LogP contribution in [0.25, 0.3) is 0 Å². The Kier molecular flexibility index (Phi) is 12.2. The van der Waals surface area contributed by atoms with E-state index in [1.165, 1.54) is 32.7 Å². The van der Waals surface area contributed by atoms with Crippen molar-refractivity contribution in [2.24, 2.45) is 0 Å². The molecular formula is C25H26Br2N2O8S2. The second-order valence-electron chi connectivity index (χ2n) is 8.56. The van der Waals surface area contributed by atoms with E-state index in [1.807, 2.05) is 32.9 Å². The smallest absolute Gasteiger partial charge is 0.350 e. The molecule has 0 aliphatic heterocycles. The molecule has 3 rings (SSSR count). The molecule has 2 heterocycles. The molecule has 0 N–H and O–H groups in total. The first-order valence-corrected chi connectivity index (χ1v) is 14.4. The van der Waals surface area contributed by atoms with E-state index in [2.05, 4.69) is 51.3 Å². The number of ether oxygens (including phenoxy) is 4. The van der Waals surface area contributed by atoms with E-state index in [-0.39, 0.29) is 6.42 Å². The van der Waals surface area contributed by atoms with Crippen LogP contribution < -0.4 is 0 Å². The van der Waals surface area contributed by atoms with Gasteiger partial charge in [0.15, 0.2) is 7.83 Å². The predicted octanol–water partition coefficient (Wildman–Crippen LogP) is 5.65. The second-order valence-corrected chi connectivity index (χ2v) is 13.1. The van der Waals surface area contributed by atoms with Crippen LogP contribution in [0.15, 0.2) is 32.1 Å². The van der Waals surface area contributed by atoms with Gasteiger partial charge in [0, 0.05) is 6.42 Å². The van der Waals surface area contributed by atoms with Crippen molar-refractivity contribution in [3.63, 3.8) is 0 Å². The standard InChI is InChI=1S/C17H18BrNO4S.C8H8BrNO4S/c1-17(2,3)23-15(21)13-12(19-16(18)24-13)9-10-7-5-6-8-11(10)14(20)22-4;1-13-5(11)3-4-6(7(12)14-2)15-8(9)10-4/h5-8H,9H2,1-4H3;3H2,1-2H3. The lowest BCUT2D eigenvalue weighted by molar-refractivity contribution is -0.139. The van der Waals surface area contributed by atoms with Crippen LogP contribution in [-0.4, -0.2) is 60.8 Å². The Morgan fingerprint density at radius 2 is 1.33 bits per heavy atom. The number of carbonyl (C=O) groups excluding carboxylic acids is 4. The summed E-state index contributed by atoms with van der Waals surface area (Å²) in [7, 11) is 3.89. The number of nitrogens with zero attached hydrogens (tertiary/aromatic N) is 2. The Hall–Kier alpha value is -2.68. The summed E-state index contributed by atoms with van der Waals surface area (Å²) < 4.78 is 20.4. The third-order valence-electron chi connectivity index (χ3n) is 4.62. The molecule has 10 nitrogen and oxygen atoms in total. The summed E-state index contributed by atoms with van der Waals surface area (Å²) in [6.45, 7) is 5.44. The van der Waals surface area contributed by atoms with Crippen molar-refractivity contribution in [1.82, 2.24) is 9.97 Å². The van der Waals surface area contributed by atoms with Crippen LogP contribution >= 0.6 is 54.5 Å². The molecular weight excluding hydrogens is 680 g/mol. The number of methoxy groups -OCH3 is 3. The Bertz CT molecular complexity index is 1350. The summed E-state index contributed by atoms with van der Waals surface area (Å²) in [5, 5.41) is 0. The maximum Gasteiger partial charge on any atom is 0.350 e. The second kappa shape index (κ2) is 14.6. The summed E-state index contributed by atoms with van der Waals surface area (Å²) in [5.41, 5.74) is 1.55. The molecule has 0 amide bonds. The highest BCUT2D eigenvalue weighted by molar-refractivity contribution is 9.11. The number of carbonyl (C=O) groups is 4. The van der Waals surface area contributed by atoms with Gasteiger partial charge in [-0.3, -0.25) is 4.79 Å². The first-order chi connectivity index (χ1) is 18.3. The first kappa shape index (κ1) is 32.5. The number of rotatable bonds is 7. The lowest BCUT2D eigenvalue weighted by Crippen LogP contribution is -2.24. The van der Waals surface area contributed by atoms with Crippen molar-refractivity contribution in [3.8, 4) is 0 Å². The summed E-state index contributed by atoms with van der Waals surface area (Å²) in [6, 6.07) is 7.10.